The predicted octanol–water partition coefficient (Wildman–Crippen LogP) is 4.09. The van der Waals surface area contributed by atoms with Crippen LogP contribution in [0.3, 0.4) is 0 Å². The van der Waals surface area contributed by atoms with Gasteiger partial charge in [0.25, 0.3) is 0 Å². The molecule has 25 heavy (non-hydrogen) atoms. The third-order valence-corrected chi connectivity index (χ3v) is 5.61. The summed E-state index contributed by atoms with van der Waals surface area (Å²) in [6.07, 6.45) is 7.99. The standard InChI is InChI=1S/C20H23NO4/c1-2-3-8-25-12-9-14-13-6-4-5-7-17(13)21-11-16(20(23)24)19(22)15(10-12)18(14)21/h9-11,13,17H,2-8H2,1H3,(H,23,24). The highest BCUT2D eigenvalue weighted by molar-refractivity contribution is 5.95. The van der Waals surface area contributed by atoms with Gasteiger partial charge in [-0.05, 0) is 37.0 Å². The minimum Gasteiger partial charge on any atom is -0.494 e. The van der Waals surface area contributed by atoms with Gasteiger partial charge in [-0.3, -0.25) is 4.79 Å². The largest absolute Gasteiger partial charge is 0.494 e. The Labute approximate surface area is 146 Å². The van der Waals surface area contributed by atoms with Crippen molar-refractivity contribution in [2.24, 2.45) is 0 Å². The number of carboxylic acid groups (broad SMARTS) is 1. The molecule has 2 aliphatic rings. The van der Waals surface area contributed by atoms with Gasteiger partial charge in [-0.15, -0.1) is 0 Å². The highest BCUT2D eigenvalue weighted by atomic mass is 16.5. The summed E-state index contributed by atoms with van der Waals surface area (Å²) in [6.45, 7) is 2.72. The topological polar surface area (TPSA) is 68.5 Å². The van der Waals surface area contributed by atoms with E-state index in [0.29, 0.717) is 23.7 Å². The van der Waals surface area contributed by atoms with Gasteiger partial charge < -0.3 is 14.4 Å². The van der Waals surface area contributed by atoms with Crippen LogP contribution in [0.25, 0.3) is 10.9 Å². The zero-order valence-corrected chi connectivity index (χ0v) is 14.5. The summed E-state index contributed by atoms with van der Waals surface area (Å²) in [4.78, 5) is 24.3. The SMILES string of the molecule is CCCCOc1cc2c3c(c1)c(=O)c(C(=O)O)cn3C1CCCCC21. The van der Waals surface area contributed by atoms with Gasteiger partial charge in [0.15, 0.2) is 0 Å². The molecular formula is C20H23NO4. The quantitative estimate of drug-likeness (QED) is 0.832. The number of aromatic nitrogens is 1. The zero-order valence-electron chi connectivity index (χ0n) is 14.5. The number of carboxylic acids is 1. The van der Waals surface area contributed by atoms with Gasteiger partial charge in [0.2, 0.25) is 5.43 Å². The zero-order chi connectivity index (χ0) is 17.6. The molecule has 1 N–H and O–H groups in total. The smallest absolute Gasteiger partial charge is 0.341 e. The van der Waals surface area contributed by atoms with E-state index in [1.165, 1.54) is 6.42 Å². The Morgan fingerprint density at radius 1 is 1.32 bits per heavy atom. The molecule has 0 bridgehead atoms. The molecule has 0 saturated heterocycles. The second-order valence-corrected chi connectivity index (χ2v) is 7.15. The molecule has 2 heterocycles. The second kappa shape index (κ2) is 6.21. The predicted molar refractivity (Wildman–Crippen MR) is 95.8 cm³/mol. The molecule has 1 aliphatic carbocycles. The van der Waals surface area contributed by atoms with Gasteiger partial charge in [0.05, 0.1) is 17.5 Å². The number of hydrogen-bond donors (Lipinski definition) is 1. The van der Waals surface area contributed by atoms with E-state index >= 15 is 0 Å². The number of ether oxygens (including phenoxy) is 1. The number of aromatic carboxylic acids is 1. The van der Waals surface area contributed by atoms with Crippen LogP contribution < -0.4 is 10.2 Å². The van der Waals surface area contributed by atoms with Gasteiger partial charge in [-0.1, -0.05) is 26.2 Å². The molecule has 1 saturated carbocycles. The van der Waals surface area contributed by atoms with E-state index in [2.05, 4.69) is 17.6 Å². The van der Waals surface area contributed by atoms with Crippen molar-refractivity contribution in [1.82, 2.24) is 4.57 Å². The number of fused-ring (bicyclic) bond motifs is 3. The molecule has 0 radical (unpaired) electrons. The summed E-state index contributed by atoms with van der Waals surface area (Å²) >= 11 is 0. The normalized spacial score (nSPS) is 21.3. The molecule has 5 heteroatoms. The molecule has 1 aromatic heterocycles. The van der Waals surface area contributed by atoms with Crippen molar-refractivity contribution in [1.29, 1.82) is 0 Å². The average Bonchev–Trinajstić information content (AvgIpc) is 2.92. The van der Waals surface area contributed by atoms with Crippen molar-refractivity contribution in [2.75, 3.05) is 6.61 Å². The van der Waals surface area contributed by atoms with Gasteiger partial charge in [0, 0.05) is 18.2 Å². The lowest BCUT2D eigenvalue weighted by molar-refractivity contribution is 0.0694. The molecule has 4 rings (SSSR count). The van der Waals surface area contributed by atoms with E-state index in [9.17, 15) is 14.7 Å². The van der Waals surface area contributed by atoms with Crippen molar-refractivity contribution >= 4 is 16.9 Å². The van der Waals surface area contributed by atoms with Crippen molar-refractivity contribution < 1.29 is 14.6 Å². The summed E-state index contributed by atoms with van der Waals surface area (Å²) < 4.78 is 7.91. The van der Waals surface area contributed by atoms with Crippen molar-refractivity contribution in [3.63, 3.8) is 0 Å². The molecular weight excluding hydrogens is 318 g/mol. The van der Waals surface area contributed by atoms with Crippen LogP contribution in [-0.4, -0.2) is 22.2 Å². The molecule has 0 amide bonds. The molecule has 0 spiro atoms. The monoisotopic (exact) mass is 341 g/mol. The Morgan fingerprint density at radius 3 is 2.88 bits per heavy atom. The summed E-state index contributed by atoms with van der Waals surface area (Å²) in [5.41, 5.74) is 1.52. The van der Waals surface area contributed by atoms with E-state index < -0.39 is 11.4 Å². The molecule has 2 atom stereocenters. The van der Waals surface area contributed by atoms with Crippen LogP contribution in [0.5, 0.6) is 5.75 Å². The fourth-order valence-electron chi connectivity index (χ4n) is 4.42. The van der Waals surface area contributed by atoms with Gasteiger partial charge in [-0.25, -0.2) is 4.79 Å². The Balaban J connectivity index is 1.93. The molecule has 1 aliphatic heterocycles. The fraction of sp³-hybridized carbons (Fsp3) is 0.500. The van der Waals surface area contributed by atoms with Gasteiger partial charge >= 0.3 is 5.97 Å². The van der Waals surface area contributed by atoms with E-state index in [4.69, 9.17) is 4.74 Å². The molecule has 1 aromatic carbocycles. The lowest BCUT2D eigenvalue weighted by Gasteiger charge is -2.27. The Bertz CT molecular complexity index is 899. The Kier molecular flexibility index (Phi) is 4.02. The number of carbonyl (C=O) groups is 1. The number of pyridine rings is 1. The lowest BCUT2D eigenvalue weighted by Crippen LogP contribution is -2.20. The maximum absolute atomic E-state index is 12.7. The molecule has 2 aromatic rings. The Hall–Kier alpha value is -2.30. The van der Waals surface area contributed by atoms with E-state index in [1.54, 1.807) is 12.3 Å². The van der Waals surface area contributed by atoms with Crippen LogP contribution in [0.2, 0.25) is 0 Å². The average molecular weight is 341 g/mol. The summed E-state index contributed by atoms with van der Waals surface area (Å²) in [5, 5.41) is 9.94. The summed E-state index contributed by atoms with van der Waals surface area (Å²) in [7, 11) is 0. The number of nitrogens with zero attached hydrogens (tertiary/aromatic N) is 1. The molecule has 5 nitrogen and oxygen atoms in total. The van der Waals surface area contributed by atoms with Crippen LogP contribution >= 0.6 is 0 Å². The third kappa shape index (κ3) is 2.53. The first-order chi connectivity index (χ1) is 12.1. The molecule has 1 fully saturated rings. The number of unbranched alkanes of at least 4 members (excludes halogenated alkanes) is 1. The van der Waals surface area contributed by atoms with E-state index in [1.807, 2.05) is 0 Å². The number of rotatable bonds is 5. The maximum atomic E-state index is 12.7. The van der Waals surface area contributed by atoms with Crippen LogP contribution in [0, 0.1) is 0 Å². The minimum atomic E-state index is -1.16. The van der Waals surface area contributed by atoms with Crippen molar-refractivity contribution in [2.45, 2.75) is 57.4 Å². The number of benzene rings is 1. The first-order valence-electron chi connectivity index (χ1n) is 9.20. The maximum Gasteiger partial charge on any atom is 0.341 e. The Morgan fingerprint density at radius 2 is 2.12 bits per heavy atom. The lowest BCUT2D eigenvalue weighted by atomic mass is 9.82. The highest BCUT2D eigenvalue weighted by Crippen LogP contribution is 2.50. The van der Waals surface area contributed by atoms with Crippen LogP contribution in [-0.2, 0) is 0 Å². The first-order valence-corrected chi connectivity index (χ1v) is 9.20. The van der Waals surface area contributed by atoms with Crippen LogP contribution in [0.1, 0.15) is 73.3 Å². The second-order valence-electron chi connectivity index (χ2n) is 7.15. The van der Waals surface area contributed by atoms with Crippen molar-refractivity contribution in [3.8, 4) is 5.75 Å². The third-order valence-electron chi connectivity index (χ3n) is 5.61. The number of hydrogen-bond acceptors (Lipinski definition) is 3. The molecule has 2 unspecified atom stereocenters. The van der Waals surface area contributed by atoms with E-state index in [-0.39, 0.29) is 11.6 Å². The first kappa shape index (κ1) is 16.2. The summed E-state index contributed by atoms with van der Waals surface area (Å²) in [5.74, 6) is -0.114. The van der Waals surface area contributed by atoms with Crippen LogP contribution in [0.15, 0.2) is 23.1 Å². The van der Waals surface area contributed by atoms with E-state index in [0.717, 1.165) is 43.2 Å². The van der Waals surface area contributed by atoms with Crippen molar-refractivity contribution in [3.05, 3.63) is 39.7 Å². The highest BCUT2D eigenvalue weighted by Gasteiger charge is 2.37. The summed E-state index contributed by atoms with van der Waals surface area (Å²) in [6, 6.07) is 4.07. The minimum absolute atomic E-state index is 0.143. The van der Waals surface area contributed by atoms with Gasteiger partial charge in [0.1, 0.15) is 11.3 Å². The molecule has 132 valence electrons. The van der Waals surface area contributed by atoms with Crippen LogP contribution in [0.4, 0.5) is 0 Å². The van der Waals surface area contributed by atoms with Gasteiger partial charge in [-0.2, -0.15) is 0 Å². The fourth-order valence-corrected chi connectivity index (χ4v) is 4.42.